The van der Waals surface area contributed by atoms with Crippen molar-refractivity contribution in [3.05, 3.63) is 125 Å². The summed E-state index contributed by atoms with van der Waals surface area (Å²) in [5, 5.41) is 0. The number of esters is 1. The molecule has 174 valence electrons. The molecule has 0 spiro atoms. The third-order valence-corrected chi connectivity index (χ3v) is 5.38. The molecule has 0 aliphatic rings. The Hall–Kier alpha value is -4.71. The molecule has 4 rings (SSSR count). The Labute approximate surface area is 202 Å². The van der Waals surface area contributed by atoms with E-state index in [9.17, 15) is 14.4 Å². The van der Waals surface area contributed by atoms with E-state index in [1.807, 2.05) is 0 Å². The van der Waals surface area contributed by atoms with Gasteiger partial charge in [-0.1, -0.05) is 78.9 Å². The van der Waals surface area contributed by atoms with Crippen molar-refractivity contribution in [1.29, 1.82) is 0 Å². The van der Waals surface area contributed by atoms with E-state index in [0.29, 0.717) is 11.1 Å². The normalized spacial score (nSPS) is 10.3. The lowest BCUT2D eigenvalue weighted by atomic mass is 9.94. The van der Waals surface area contributed by atoms with Crippen molar-refractivity contribution in [3.8, 4) is 17.2 Å². The zero-order valence-electron chi connectivity index (χ0n) is 19.2. The molecule has 6 heteroatoms. The average Bonchev–Trinajstić information content (AvgIpc) is 2.93. The van der Waals surface area contributed by atoms with Crippen LogP contribution in [0, 0.1) is 0 Å². The van der Waals surface area contributed by atoms with E-state index in [1.165, 1.54) is 20.3 Å². The van der Waals surface area contributed by atoms with Crippen LogP contribution in [-0.4, -0.2) is 31.8 Å². The average molecular weight is 466 g/mol. The van der Waals surface area contributed by atoms with Gasteiger partial charge in [0.2, 0.25) is 11.6 Å². The minimum Gasteiger partial charge on any atom is -0.496 e. The predicted molar refractivity (Wildman–Crippen MR) is 131 cm³/mol. The highest BCUT2D eigenvalue weighted by molar-refractivity contribution is 6.19. The van der Waals surface area contributed by atoms with Gasteiger partial charge in [-0.05, 0) is 12.1 Å². The van der Waals surface area contributed by atoms with Crippen LogP contribution in [0.4, 0.5) is 0 Å². The Morgan fingerprint density at radius 3 is 1.29 bits per heavy atom. The number of methoxy groups -OCH3 is 2. The van der Waals surface area contributed by atoms with Gasteiger partial charge in [-0.25, -0.2) is 4.79 Å². The van der Waals surface area contributed by atoms with Crippen LogP contribution in [0.1, 0.15) is 42.2 Å². The first kappa shape index (κ1) is 23.4. The van der Waals surface area contributed by atoms with E-state index < -0.39 is 17.5 Å². The summed E-state index contributed by atoms with van der Waals surface area (Å²) in [4.78, 5) is 40.4. The number of ketones is 2. The van der Waals surface area contributed by atoms with Crippen LogP contribution in [-0.2, 0) is 0 Å². The van der Waals surface area contributed by atoms with E-state index in [-0.39, 0.29) is 33.9 Å². The van der Waals surface area contributed by atoms with Gasteiger partial charge in [0.15, 0.2) is 5.75 Å². The fourth-order valence-electron chi connectivity index (χ4n) is 3.66. The smallest absolute Gasteiger partial charge is 0.343 e. The highest BCUT2D eigenvalue weighted by Gasteiger charge is 2.32. The summed E-state index contributed by atoms with van der Waals surface area (Å²) >= 11 is 0. The molecule has 0 amide bonds. The maximum atomic E-state index is 13.7. The van der Waals surface area contributed by atoms with Crippen molar-refractivity contribution in [3.63, 3.8) is 0 Å². The van der Waals surface area contributed by atoms with Gasteiger partial charge in [0.05, 0.1) is 19.8 Å². The Bertz CT molecular complexity index is 1290. The molecule has 6 nitrogen and oxygen atoms in total. The number of ether oxygens (including phenoxy) is 3. The summed E-state index contributed by atoms with van der Waals surface area (Å²) in [5.74, 6) is -1.68. The predicted octanol–water partition coefficient (Wildman–Crippen LogP) is 5.39. The molecule has 0 saturated carbocycles. The lowest BCUT2D eigenvalue weighted by molar-refractivity contribution is 0.0730. The van der Waals surface area contributed by atoms with Gasteiger partial charge in [0, 0.05) is 17.2 Å². The Balaban J connectivity index is 1.99. The fraction of sp³-hybridized carbons (Fsp3) is 0.0690. The molecule has 0 aliphatic carbocycles. The van der Waals surface area contributed by atoms with Crippen LogP contribution in [0.3, 0.4) is 0 Å². The van der Waals surface area contributed by atoms with Crippen LogP contribution < -0.4 is 14.2 Å². The summed E-state index contributed by atoms with van der Waals surface area (Å²) in [7, 11) is 2.77. The highest BCUT2D eigenvalue weighted by atomic mass is 16.5. The first-order valence-corrected chi connectivity index (χ1v) is 10.8. The summed E-state index contributed by atoms with van der Waals surface area (Å²) in [6.07, 6.45) is 0. The van der Waals surface area contributed by atoms with Crippen molar-refractivity contribution in [2.45, 2.75) is 0 Å². The molecule has 0 saturated heterocycles. The van der Waals surface area contributed by atoms with Crippen molar-refractivity contribution < 1.29 is 28.6 Å². The van der Waals surface area contributed by atoms with Gasteiger partial charge < -0.3 is 14.2 Å². The lowest BCUT2D eigenvalue weighted by Gasteiger charge is -2.19. The molecule has 4 aromatic carbocycles. The summed E-state index contributed by atoms with van der Waals surface area (Å²) in [5.41, 5.74) is 0.828. The quantitative estimate of drug-likeness (QED) is 0.197. The second-order valence-electron chi connectivity index (χ2n) is 7.51. The SMILES string of the molecule is COc1cc(OC)c(C(=O)c2ccccc2)c(OC(=O)c2ccccc2)c1C(=O)c1ccccc1. The van der Waals surface area contributed by atoms with E-state index in [0.717, 1.165) is 0 Å². The summed E-state index contributed by atoms with van der Waals surface area (Å²) in [6, 6.07) is 26.7. The van der Waals surface area contributed by atoms with Crippen LogP contribution in [0.5, 0.6) is 17.2 Å². The van der Waals surface area contributed by atoms with E-state index in [2.05, 4.69) is 0 Å². The van der Waals surface area contributed by atoms with Crippen molar-refractivity contribution in [2.24, 2.45) is 0 Å². The van der Waals surface area contributed by atoms with E-state index >= 15 is 0 Å². The van der Waals surface area contributed by atoms with Gasteiger partial charge in [0.25, 0.3) is 0 Å². The lowest BCUT2D eigenvalue weighted by Crippen LogP contribution is -2.18. The maximum absolute atomic E-state index is 13.7. The zero-order chi connectivity index (χ0) is 24.8. The minimum absolute atomic E-state index is 0.0527. The number of carbonyl (C=O) groups is 3. The van der Waals surface area contributed by atoms with Crippen molar-refractivity contribution in [1.82, 2.24) is 0 Å². The maximum Gasteiger partial charge on any atom is 0.343 e. The van der Waals surface area contributed by atoms with Crippen LogP contribution in [0.2, 0.25) is 0 Å². The standard InChI is InChI=1S/C29H22O6/c1-33-22-18-23(34-2)25(27(31)20-14-8-4-9-15-20)28(35-29(32)21-16-10-5-11-17-21)24(22)26(30)19-12-6-3-7-13-19/h3-18H,1-2H3. The Morgan fingerprint density at radius 1 is 0.543 bits per heavy atom. The molecule has 0 N–H and O–H groups in total. The molecular weight excluding hydrogens is 444 g/mol. The van der Waals surface area contributed by atoms with Crippen LogP contribution >= 0.6 is 0 Å². The molecule has 0 bridgehead atoms. The number of benzene rings is 4. The third-order valence-electron chi connectivity index (χ3n) is 5.38. The number of hydrogen-bond acceptors (Lipinski definition) is 6. The Kier molecular flexibility index (Phi) is 7.02. The molecule has 0 aliphatic heterocycles. The van der Waals surface area contributed by atoms with Gasteiger partial charge in [-0.2, -0.15) is 0 Å². The van der Waals surface area contributed by atoms with E-state index in [1.54, 1.807) is 91.0 Å². The molecule has 0 fully saturated rings. The third kappa shape index (κ3) is 4.82. The molecule has 0 aromatic heterocycles. The number of carbonyl (C=O) groups excluding carboxylic acids is 3. The van der Waals surface area contributed by atoms with Gasteiger partial charge in [-0.15, -0.1) is 0 Å². The molecular formula is C29H22O6. The molecule has 0 heterocycles. The topological polar surface area (TPSA) is 78.9 Å². The molecule has 0 unspecified atom stereocenters. The molecule has 0 radical (unpaired) electrons. The van der Waals surface area contributed by atoms with Crippen LogP contribution in [0.15, 0.2) is 97.1 Å². The fourth-order valence-corrected chi connectivity index (χ4v) is 3.66. The zero-order valence-corrected chi connectivity index (χ0v) is 19.2. The van der Waals surface area contributed by atoms with Gasteiger partial charge in [-0.3, -0.25) is 9.59 Å². The summed E-state index contributed by atoms with van der Waals surface area (Å²) < 4.78 is 16.8. The van der Waals surface area contributed by atoms with Crippen molar-refractivity contribution in [2.75, 3.05) is 14.2 Å². The first-order valence-electron chi connectivity index (χ1n) is 10.8. The van der Waals surface area contributed by atoms with Crippen LogP contribution in [0.25, 0.3) is 0 Å². The molecule has 0 atom stereocenters. The number of hydrogen-bond donors (Lipinski definition) is 0. The Morgan fingerprint density at radius 2 is 0.914 bits per heavy atom. The van der Waals surface area contributed by atoms with Crippen molar-refractivity contribution >= 4 is 17.5 Å². The van der Waals surface area contributed by atoms with Gasteiger partial charge >= 0.3 is 5.97 Å². The second kappa shape index (κ2) is 10.5. The first-order chi connectivity index (χ1) is 17.0. The largest absolute Gasteiger partial charge is 0.496 e. The molecule has 35 heavy (non-hydrogen) atoms. The highest BCUT2D eigenvalue weighted by Crippen LogP contribution is 2.42. The molecule has 4 aromatic rings. The minimum atomic E-state index is -0.731. The van der Waals surface area contributed by atoms with Gasteiger partial charge in [0.1, 0.15) is 22.6 Å². The van der Waals surface area contributed by atoms with E-state index in [4.69, 9.17) is 14.2 Å². The second-order valence-corrected chi connectivity index (χ2v) is 7.51. The summed E-state index contributed by atoms with van der Waals surface area (Å²) in [6.45, 7) is 0. The monoisotopic (exact) mass is 466 g/mol. The number of rotatable bonds is 8.